The maximum absolute atomic E-state index is 10.8. The monoisotopic (exact) mass is 408 g/mol. The van der Waals surface area contributed by atoms with E-state index >= 15 is 0 Å². The Kier molecular flexibility index (Phi) is 28.2. The second-order valence-corrected chi connectivity index (χ2v) is 3.96. The molecule has 0 aromatic rings. The number of likely N-dealkylation sites (N-methyl/N-ethyl adjacent to an activating group) is 2. The molecule has 0 bridgehead atoms. The first-order chi connectivity index (χ1) is 10.3. The zero-order valence-electron chi connectivity index (χ0n) is 14.7. The normalized spacial score (nSPS) is 11.2. The van der Waals surface area contributed by atoms with Crippen LogP contribution in [0.1, 0.15) is 27.2 Å². The Morgan fingerprint density at radius 3 is 1.74 bits per heavy atom. The average Bonchev–Trinajstić information content (AvgIpc) is 2.49. The summed E-state index contributed by atoms with van der Waals surface area (Å²) in [5, 5.41) is 7.87. The predicted octanol–water partition coefficient (Wildman–Crippen LogP) is -1.28. The van der Waals surface area contributed by atoms with E-state index in [1.54, 1.807) is 21.0 Å². The second kappa shape index (κ2) is 21.4. The molecule has 0 saturated heterocycles. The summed E-state index contributed by atoms with van der Waals surface area (Å²) in [6, 6.07) is -1.28. The molecule has 0 rings (SSSR count). The van der Waals surface area contributed by atoms with Crippen LogP contribution < -0.4 is 27.4 Å². The van der Waals surface area contributed by atoms with Crippen LogP contribution in [0.25, 0.3) is 5.73 Å². The van der Waals surface area contributed by atoms with Gasteiger partial charge in [-0.2, -0.15) is 0 Å². The molecule has 9 nitrogen and oxygen atoms in total. The van der Waals surface area contributed by atoms with Gasteiger partial charge in [0.15, 0.2) is 0 Å². The quantitative estimate of drug-likeness (QED) is 0.336. The SMILES string of the molecule is CC.CCC(=O)N[C@@H](CNC)C([NH-])=O.CNC[C@H](N)C(N)=O.[Y]. The number of hydrogen-bond acceptors (Lipinski definition) is 6. The van der Waals surface area contributed by atoms with Gasteiger partial charge in [-0.15, -0.1) is 0 Å². The van der Waals surface area contributed by atoms with Gasteiger partial charge in [0.05, 0.1) is 18.0 Å². The number of rotatable bonds is 8. The van der Waals surface area contributed by atoms with E-state index in [-0.39, 0.29) is 38.6 Å². The fourth-order valence-electron chi connectivity index (χ4n) is 1.03. The zero-order chi connectivity index (χ0) is 18.1. The Labute approximate surface area is 164 Å². The molecular formula is C13H31N6O3Y-. The standard InChI is InChI=1S/C7H15N3O2.C4H11N3O.C2H6.Y/c1-3-6(11)10-5(4-9-2)7(8)12;1-7-2-3(5)4(6)8;1-2;/h5,9H,3-4H2,1-2H3,(H3,8,10,11,12);3,7H,2,5H2,1H3,(H2,6,8);1-2H3;/p-1/t5-;3-;;/m00../s1. The molecule has 0 fully saturated rings. The third kappa shape index (κ3) is 21.4. The zero-order valence-corrected chi connectivity index (χ0v) is 17.6. The van der Waals surface area contributed by atoms with Crippen LogP contribution in [0.3, 0.4) is 0 Å². The molecule has 135 valence electrons. The van der Waals surface area contributed by atoms with E-state index in [0.717, 1.165) is 0 Å². The number of carbonyl (C=O) groups excluding carboxylic acids is 3. The van der Waals surface area contributed by atoms with Crippen LogP contribution in [0.5, 0.6) is 0 Å². The number of hydrogen-bond donors (Lipinski definition) is 5. The summed E-state index contributed by atoms with van der Waals surface area (Å²) in [5.74, 6) is -1.46. The largest absolute Gasteiger partial charge is 0.666 e. The van der Waals surface area contributed by atoms with Gasteiger partial charge in [0.1, 0.15) is 0 Å². The van der Waals surface area contributed by atoms with Crippen molar-refractivity contribution in [2.75, 3.05) is 27.2 Å². The maximum Gasteiger partial charge on any atom is 0.235 e. The summed E-state index contributed by atoms with van der Waals surface area (Å²) in [6.45, 7) is 6.43. The molecule has 23 heavy (non-hydrogen) atoms. The van der Waals surface area contributed by atoms with Crippen LogP contribution in [-0.2, 0) is 47.1 Å². The van der Waals surface area contributed by atoms with Gasteiger partial charge in [-0.05, 0) is 14.1 Å². The minimum absolute atomic E-state index is 0. The third-order valence-electron chi connectivity index (χ3n) is 2.17. The molecule has 0 aliphatic carbocycles. The fraction of sp³-hybridized carbons (Fsp3) is 0.769. The van der Waals surface area contributed by atoms with Gasteiger partial charge in [0, 0.05) is 52.2 Å². The molecule has 0 aromatic heterocycles. The first-order valence-corrected chi connectivity index (χ1v) is 7.18. The summed E-state index contributed by atoms with van der Waals surface area (Å²) >= 11 is 0. The van der Waals surface area contributed by atoms with Crippen molar-refractivity contribution in [2.24, 2.45) is 11.5 Å². The molecule has 0 aromatic carbocycles. The Hall–Kier alpha value is -0.606. The molecule has 0 spiro atoms. The summed E-state index contributed by atoms with van der Waals surface area (Å²) in [5.41, 5.74) is 16.8. The van der Waals surface area contributed by atoms with Crippen molar-refractivity contribution in [2.45, 2.75) is 39.3 Å². The van der Waals surface area contributed by atoms with Crippen LogP contribution >= 0.6 is 0 Å². The topological polar surface area (TPSA) is 163 Å². The van der Waals surface area contributed by atoms with Crippen LogP contribution in [0.2, 0.25) is 0 Å². The minimum Gasteiger partial charge on any atom is -0.666 e. The van der Waals surface area contributed by atoms with Gasteiger partial charge < -0.3 is 37.9 Å². The summed E-state index contributed by atoms with van der Waals surface area (Å²) < 4.78 is 0. The molecule has 2 atom stereocenters. The van der Waals surface area contributed by atoms with E-state index in [2.05, 4.69) is 16.0 Å². The van der Waals surface area contributed by atoms with Crippen molar-refractivity contribution in [1.82, 2.24) is 16.0 Å². The molecule has 0 heterocycles. The summed E-state index contributed by atoms with van der Waals surface area (Å²) in [6.07, 6.45) is 0.327. The minimum atomic E-state index is -0.772. The van der Waals surface area contributed by atoms with E-state index in [9.17, 15) is 14.4 Å². The number of primary amides is 1. The Morgan fingerprint density at radius 1 is 1.09 bits per heavy atom. The van der Waals surface area contributed by atoms with Crippen LogP contribution in [0, 0.1) is 0 Å². The smallest absolute Gasteiger partial charge is 0.235 e. The van der Waals surface area contributed by atoms with Gasteiger partial charge >= 0.3 is 0 Å². The van der Waals surface area contributed by atoms with E-state index < -0.39 is 23.9 Å². The molecule has 3 amide bonds. The van der Waals surface area contributed by atoms with E-state index in [1.165, 1.54) is 0 Å². The molecule has 0 aliphatic rings. The van der Waals surface area contributed by atoms with Crippen molar-refractivity contribution in [3.63, 3.8) is 0 Å². The Balaban J connectivity index is -0.000000144. The molecule has 8 N–H and O–H groups in total. The van der Waals surface area contributed by atoms with Crippen LogP contribution in [-0.4, -0.2) is 57.0 Å². The number of nitrogens with two attached hydrogens (primary N) is 2. The maximum atomic E-state index is 10.8. The van der Waals surface area contributed by atoms with E-state index in [1.807, 2.05) is 13.8 Å². The first-order valence-electron chi connectivity index (χ1n) is 7.18. The molecular weight excluding hydrogens is 377 g/mol. The van der Waals surface area contributed by atoms with Gasteiger partial charge in [-0.25, -0.2) is 0 Å². The molecule has 0 unspecified atom stereocenters. The van der Waals surface area contributed by atoms with Gasteiger partial charge in [0.2, 0.25) is 11.8 Å². The molecule has 0 aliphatic heterocycles. The number of carbonyl (C=O) groups is 3. The summed E-state index contributed by atoms with van der Waals surface area (Å²) in [7, 11) is 3.37. The van der Waals surface area contributed by atoms with E-state index in [0.29, 0.717) is 19.5 Å². The number of nitrogens with one attached hydrogen (secondary N) is 4. The fourth-order valence-corrected chi connectivity index (χ4v) is 1.03. The van der Waals surface area contributed by atoms with Gasteiger partial charge in [-0.1, -0.05) is 20.8 Å². The van der Waals surface area contributed by atoms with Gasteiger partial charge in [0.25, 0.3) is 0 Å². The van der Waals surface area contributed by atoms with E-state index in [4.69, 9.17) is 17.2 Å². The third-order valence-corrected chi connectivity index (χ3v) is 2.17. The molecule has 0 saturated carbocycles. The van der Waals surface area contributed by atoms with Crippen molar-refractivity contribution in [3.05, 3.63) is 5.73 Å². The van der Waals surface area contributed by atoms with Crippen molar-refractivity contribution < 1.29 is 47.1 Å². The van der Waals surface area contributed by atoms with Crippen molar-refractivity contribution >= 4 is 17.7 Å². The van der Waals surface area contributed by atoms with Crippen LogP contribution in [0.4, 0.5) is 0 Å². The summed E-state index contributed by atoms with van der Waals surface area (Å²) in [4.78, 5) is 31.6. The average molecular weight is 408 g/mol. The Bertz CT molecular complexity index is 316. The first kappa shape index (κ1) is 30.3. The molecule has 10 heteroatoms. The van der Waals surface area contributed by atoms with Crippen LogP contribution in [0.15, 0.2) is 0 Å². The second-order valence-electron chi connectivity index (χ2n) is 3.96. The van der Waals surface area contributed by atoms with Crippen molar-refractivity contribution in [1.29, 1.82) is 0 Å². The van der Waals surface area contributed by atoms with Crippen molar-refractivity contribution in [3.8, 4) is 0 Å². The predicted molar refractivity (Wildman–Crippen MR) is 87.9 cm³/mol. The Morgan fingerprint density at radius 2 is 1.52 bits per heavy atom. The molecule has 1 radical (unpaired) electrons. The van der Waals surface area contributed by atoms with Gasteiger partial charge in [-0.3, -0.25) is 9.59 Å². The number of amides is 3.